The number of hydrogen-bond acceptors (Lipinski definition) is 9. The summed E-state index contributed by atoms with van der Waals surface area (Å²) in [5.74, 6) is -2.55. The van der Waals surface area contributed by atoms with Crippen molar-refractivity contribution in [1.29, 1.82) is 0 Å². The topological polar surface area (TPSA) is 145 Å². The van der Waals surface area contributed by atoms with Crippen molar-refractivity contribution in [3.8, 4) is 0 Å². The van der Waals surface area contributed by atoms with Gasteiger partial charge in [0.1, 0.15) is 6.04 Å². The Bertz CT molecular complexity index is 1200. The van der Waals surface area contributed by atoms with Gasteiger partial charge in [0.15, 0.2) is 17.3 Å². The van der Waals surface area contributed by atoms with Gasteiger partial charge in [0.2, 0.25) is 5.91 Å². The lowest BCUT2D eigenvalue weighted by Gasteiger charge is -2.19. The molecule has 0 heterocycles. The molecule has 1 amide bonds. The number of methoxy groups -OCH3 is 2. The van der Waals surface area contributed by atoms with E-state index >= 15 is 0 Å². The number of carbonyl (C=O) groups is 6. The second-order valence-corrected chi connectivity index (χ2v) is 9.15. The summed E-state index contributed by atoms with van der Waals surface area (Å²) >= 11 is 0. The molecule has 0 fully saturated rings. The fourth-order valence-electron chi connectivity index (χ4n) is 4.09. The summed E-state index contributed by atoms with van der Waals surface area (Å²) < 4.78 is 9.27. The Morgan fingerprint density at radius 1 is 0.816 bits per heavy atom. The molecular formula is C28H30N2O8. The van der Waals surface area contributed by atoms with Crippen LogP contribution < -0.4 is 10.6 Å². The van der Waals surface area contributed by atoms with Crippen LogP contribution in [-0.4, -0.2) is 62.0 Å². The van der Waals surface area contributed by atoms with Crippen LogP contribution in [0.3, 0.4) is 0 Å². The van der Waals surface area contributed by atoms with E-state index in [1.807, 2.05) is 0 Å². The average molecular weight is 523 g/mol. The van der Waals surface area contributed by atoms with E-state index in [1.165, 1.54) is 44.6 Å². The lowest BCUT2D eigenvalue weighted by atomic mass is 9.82. The van der Waals surface area contributed by atoms with Gasteiger partial charge in [0, 0.05) is 40.8 Å². The molecule has 2 N–H and O–H groups in total. The van der Waals surface area contributed by atoms with E-state index in [-0.39, 0.29) is 64.9 Å². The monoisotopic (exact) mass is 522 g/mol. The third kappa shape index (κ3) is 6.57. The van der Waals surface area contributed by atoms with Gasteiger partial charge in [0.05, 0.1) is 26.7 Å². The second-order valence-electron chi connectivity index (χ2n) is 9.15. The predicted molar refractivity (Wildman–Crippen MR) is 137 cm³/mol. The molecule has 2 aromatic rings. The smallest absolute Gasteiger partial charge is 0.322 e. The first kappa shape index (κ1) is 28.4. The van der Waals surface area contributed by atoms with Crippen molar-refractivity contribution in [2.45, 2.75) is 39.2 Å². The number of ether oxygens (including phenoxy) is 2. The third-order valence-electron chi connectivity index (χ3n) is 6.34. The number of esters is 2. The molecular weight excluding hydrogens is 492 g/mol. The third-order valence-corrected chi connectivity index (χ3v) is 6.34. The number of carbonyl (C=O) groups excluding carboxylic acids is 6. The Morgan fingerprint density at radius 3 is 2.05 bits per heavy atom. The van der Waals surface area contributed by atoms with Gasteiger partial charge in [0.25, 0.3) is 0 Å². The molecule has 0 bridgehead atoms. The molecule has 2 aromatic carbocycles. The fourth-order valence-corrected chi connectivity index (χ4v) is 4.09. The van der Waals surface area contributed by atoms with Gasteiger partial charge < -0.3 is 14.8 Å². The summed E-state index contributed by atoms with van der Waals surface area (Å²) in [7, 11) is 2.55. The van der Waals surface area contributed by atoms with Crippen molar-refractivity contribution >= 4 is 40.9 Å². The van der Waals surface area contributed by atoms with Crippen LogP contribution in [0.4, 0.5) is 5.69 Å². The van der Waals surface area contributed by atoms with E-state index in [2.05, 4.69) is 20.1 Å². The number of amides is 1. The first-order chi connectivity index (χ1) is 18.0. The highest BCUT2D eigenvalue weighted by molar-refractivity contribution is 6.28. The molecule has 38 heavy (non-hydrogen) atoms. The molecule has 10 heteroatoms. The molecule has 0 radical (unpaired) electrons. The van der Waals surface area contributed by atoms with Crippen LogP contribution in [-0.2, 0) is 35.1 Å². The van der Waals surface area contributed by atoms with Crippen LogP contribution in [0, 0.1) is 5.92 Å². The SMILES string of the molecule is COC(=O)[C@H](C)CCC(=O)Nc1ccc2c(c1)C(=O)c1ccc(CC(=O)CN[C@@H](C)C(=O)OC)cc1C2=O. The molecule has 0 unspecified atom stereocenters. The highest BCUT2D eigenvalue weighted by Gasteiger charge is 2.30. The van der Waals surface area contributed by atoms with Crippen molar-refractivity contribution in [2.24, 2.45) is 5.92 Å². The average Bonchev–Trinajstić information content (AvgIpc) is 2.92. The number of ketones is 3. The zero-order chi connectivity index (χ0) is 28.0. The van der Waals surface area contributed by atoms with E-state index in [0.717, 1.165) is 0 Å². The normalized spacial score (nSPS) is 13.6. The van der Waals surface area contributed by atoms with Crippen molar-refractivity contribution in [2.75, 3.05) is 26.1 Å². The standard InChI is InChI=1S/C28H30N2O8/c1-15(27(35)37-3)5-10-24(32)30-18-7-9-21-23(13-18)26(34)20-8-6-17(12-22(20)25(21)33)11-19(31)14-29-16(2)28(36)38-4/h6-9,12-13,15-16,29H,5,10-11,14H2,1-4H3,(H,30,32)/t15-,16+/m1/s1. The van der Waals surface area contributed by atoms with E-state index in [4.69, 9.17) is 0 Å². The van der Waals surface area contributed by atoms with Gasteiger partial charge in [-0.15, -0.1) is 0 Å². The van der Waals surface area contributed by atoms with Gasteiger partial charge >= 0.3 is 11.9 Å². The van der Waals surface area contributed by atoms with Crippen LogP contribution in [0.5, 0.6) is 0 Å². The maximum absolute atomic E-state index is 13.2. The van der Waals surface area contributed by atoms with Crippen LogP contribution in [0.2, 0.25) is 0 Å². The number of hydrogen-bond donors (Lipinski definition) is 2. The lowest BCUT2D eigenvalue weighted by Crippen LogP contribution is -2.38. The minimum Gasteiger partial charge on any atom is -0.469 e. The van der Waals surface area contributed by atoms with E-state index in [9.17, 15) is 28.8 Å². The van der Waals surface area contributed by atoms with Crippen LogP contribution in [0.15, 0.2) is 36.4 Å². The molecule has 1 aliphatic carbocycles. The fraction of sp³-hybridized carbons (Fsp3) is 0.357. The second kappa shape index (κ2) is 12.4. The van der Waals surface area contributed by atoms with Gasteiger partial charge in [-0.1, -0.05) is 19.1 Å². The van der Waals surface area contributed by atoms with Crippen molar-refractivity contribution in [3.05, 3.63) is 64.2 Å². The highest BCUT2D eigenvalue weighted by atomic mass is 16.5. The number of benzene rings is 2. The number of rotatable bonds is 11. The maximum Gasteiger partial charge on any atom is 0.322 e. The first-order valence-electron chi connectivity index (χ1n) is 12.1. The van der Waals surface area contributed by atoms with E-state index < -0.39 is 23.9 Å². The summed E-state index contributed by atoms with van der Waals surface area (Å²) in [6, 6.07) is 8.53. The molecule has 0 saturated carbocycles. The first-order valence-corrected chi connectivity index (χ1v) is 12.1. The molecule has 0 aromatic heterocycles. The Kier molecular flexibility index (Phi) is 9.25. The highest BCUT2D eigenvalue weighted by Crippen LogP contribution is 2.30. The summed E-state index contributed by atoms with van der Waals surface area (Å²) in [5, 5.41) is 5.49. The molecule has 1 aliphatic rings. The van der Waals surface area contributed by atoms with Gasteiger partial charge in [-0.2, -0.15) is 0 Å². The largest absolute Gasteiger partial charge is 0.469 e. The van der Waals surface area contributed by atoms with Gasteiger partial charge in [-0.3, -0.25) is 34.1 Å². The Labute approximate surface area is 220 Å². The molecule has 0 saturated heterocycles. The number of fused-ring (bicyclic) bond motifs is 2. The maximum atomic E-state index is 13.2. The van der Waals surface area contributed by atoms with Crippen LogP contribution in [0.1, 0.15) is 64.1 Å². The van der Waals surface area contributed by atoms with Gasteiger partial charge in [-0.25, -0.2) is 0 Å². The zero-order valence-electron chi connectivity index (χ0n) is 21.7. The molecule has 3 rings (SSSR count). The molecule has 2 atom stereocenters. The van der Waals surface area contributed by atoms with Crippen LogP contribution >= 0.6 is 0 Å². The number of anilines is 1. The van der Waals surface area contributed by atoms with Crippen molar-refractivity contribution in [1.82, 2.24) is 5.32 Å². The quantitative estimate of drug-likeness (QED) is 0.362. The molecule has 200 valence electrons. The number of Topliss-reactive ketones (excluding diaryl/α,β-unsaturated/α-hetero) is 1. The Balaban J connectivity index is 1.69. The minimum absolute atomic E-state index is 0.0159. The van der Waals surface area contributed by atoms with Crippen molar-refractivity contribution in [3.63, 3.8) is 0 Å². The van der Waals surface area contributed by atoms with Crippen molar-refractivity contribution < 1.29 is 38.2 Å². The molecule has 0 aliphatic heterocycles. The Morgan fingerprint density at radius 2 is 1.42 bits per heavy atom. The summed E-state index contributed by atoms with van der Waals surface area (Å²) in [4.78, 5) is 74.1. The predicted octanol–water partition coefficient (Wildman–Crippen LogP) is 2.25. The molecule has 10 nitrogen and oxygen atoms in total. The van der Waals surface area contributed by atoms with Crippen LogP contribution in [0.25, 0.3) is 0 Å². The minimum atomic E-state index is -0.638. The summed E-state index contributed by atoms with van der Waals surface area (Å²) in [5.41, 5.74) is 1.73. The summed E-state index contributed by atoms with van der Waals surface area (Å²) in [6.45, 7) is 3.20. The number of nitrogens with one attached hydrogen (secondary N) is 2. The summed E-state index contributed by atoms with van der Waals surface area (Å²) in [6.07, 6.45) is 0.406. The molecule has 0 spiro atoms. The lowest BCUT2D eigenvalue weighted by molar-refractivity contribution is -0.145. The van der Waals surface area contributed by atoms with Gasteiger partial charge in [-0.05, 0) is 43.2 Å². The Hall–Kier alpha value is -4.18. The van der Waals surface area contributed by atoms with E-state index in [0.29, 0.717) is 17.7 Å². The van der Waals surface area contributed by atoms with E-state index in [1.54, 1.807) is 19.9 Å². The zero-order valence-corrected chi connectivity index (χ0v) is 21.7.